The van der Waals surface area contributed by atoms with Gasteiger partial charge >= 0.3 is 11.9 Å². The fraction of sp³-hybridized carbons (Fsp3) is 0.600. The third-order valence-electron chi connectivity index (χ3n) is 1.85. The number of rotatable bonds is 0. The number of esters is 2. The summed E-state index contributed by atoms with van der Waals surface area (Å²) < 4.78 is 9.41. The molecule has 5 heteroatoms. The Morgan fingerprint density at radius 3 is 2.80 bits per heavy atom. The van der Waals surface area contributed by atoms with E-state index in [-0.39, 0.29) is 6.00 Å². The number of hydrogen-bond donors (Lipinski definition) is 0. The van der Waals surface area contributed by atoms with E-state index in [4.69, 9.17) is 4.74 Å². The molecule has 2 heterocycles. The molecule has 0 N–H and O–H groups in total. The Morgan fingerprint density at radius 1 is 1.50 bits per heavy atom. The van der Waals surface area contributed by atoms with Crippen molar-refractivity contribution in [1.29, 1.82) is 0 Å². The van der Waals surface area contributed by atoms with Gasteiger partial charge in [0.25, 0.3) is 0 Å². The van der Waals surface area contributed by atoms with Crippen molar-refractivity contribution in [3.8, 4) is 0 Å². The summed E-state index contributed by atoms with van der Waals surface area (Å²) >= 11 is 0. The second-order valence-electron chi connectivity index (χ2n) is 2.80. The first kappa shape index (κ1) is 5.76. The summed E-state index contributed by atoms with van der Waals surface area (Å²) in [7, 11) is 0.643. The minimum absolute atomic E-state index is 0.183. The lowest BCUT2D eigenvalue weighted by atomic mass is 10.0. The second-order valence-corrected chi connectivity index (χ2v) is 2.80. The normalized spacial score (nSPS) is 42.7. The molecule has 4 nitrogen and oxygen atoms in total. The maximum atomic E-state index is 10.5. The Kier molecular flexibility index (Phi) is 0.783. The van der Waals surface area contributed by atoms with E-state index in [1.807, 2.05) is 0 Å². The number of carbonyl (C=O) groups excluding carboxylic acids is 2. The van der Waals surface area contributed by atoms with E-state index in [0.717, 1.165) is 0 Å². The van der Waals surface area contributed by atoms with Crippen LogP contribution in [-0.2, 0) is 19.1 Å². The highest BCUT2D eigenvalue weighted by Crippen LogP contribution is 2.36. The maximum Gasteiger partial charge on any atom is 0.417 e. The first-order valence-corrected chi connectivity index (χ1v) is 3.06. The highest BCUT2D eigenvalue weighted by Gasteiger charge is 2.63. The highest BCUT2D eigenvalue weighted by molar-refractivity contribution is 6.58. The molecule has 52 valence electrons. The second kappa shape index (κ2) is 1.36. The van der Waals surface area contributed by atoms with Crippen molar-refractivity contribution >= 4 is 19.2 Å². The largest absolute Gasteiger partial charge is 0.460 e. The maximum absolute atomic E-state index is 10.5. The molecule has 0 aromatic heterocycles. The first-order valence-electron chi connectivity index (χ1n) is 3.06. The van der Waals surface area contributed by atoms with Gasteiger partial charge in [0.1, 0.15) is 11.5 Å². The van der Waals surface area contributed by atoms with Crippen molar-refractivity contribution in [2.75, 3.05) is 0 Å². The van der Waals surface area contributed by atoms with Crippen LogP contribution in [-0.4, -0.2) is 30.7 Å². The van der Waals surface area contributed by atoms with E-state index >= 15 is 0 Å². The molecule has 0 aliphatic carbocycles. The van der Waals surface area contributed by atoms with Crippen LogP contribution in [0.1, 0.15) is 6.92 Å². The zero-order valence-corrected chi connectivity index (χ0v) is 5.42. The first-order chi connectivity index (χ1) is 4.62. The average molecular weight is 140 g/mol. The number of carbonyl (C=O) groups is 2. The lowest BCUT2D eigenvalue weighted by Gasteiger charge is -2.18. The summed E-state index contributed by atoms with van der Waals surface area (Å²) in [6, 6.07) is -0.183. The van der Waals surface area contributed by atoms with Gasteiger partial charge in [-0.3, -0.25) is 0 Å². The van der Waals surface area contributed by atoms with Crippen LogP contribution < -0.4 is 0 Å². The van der Waals surface area contributed by atoms with Gasteiger partial charge in [-0.1, -0.05) is 0 Å². The summed E-state index contributed by atoms with van der Waals surface area (Å²) in [5.74, 6) is -1.73. The molecule has 2 aliphatic rings. The summed E-state index contributed by atoms with van der Waals surface area (Å²) in [5, 5.41) is 0. The molecule has 0 radical (unpaired) electrons. The molecule has 2 rings (SSSR count). The topological polar surface area (TPSA) is 52.6 Å². The summed E-state index contributed by atoms with van der Waals surface area (Å²) in [5.41, 5.74) is -0.495. The Morgan fingerprint density at radius 2 is 2.20 bits per heavy atom. The predicted molar refractivity (Wildman–Crippen MR) is 31.5 cm³/mol. The Bertz CT molecular complexity index is 226. The van der Waals surface area contributed by atoms with Crippen molar-refractivity contribution in [1.82, 2.24) is 0 Å². The number of fused-ring (bicyclic) bond motifs is 1. The SMILES string of the molecule is CC12BC1OC(=O)C(=O)O2. The Labute approximate surface area is 57.7 Å². The molecule has 0 bridgehead atoms. The van der Waals surface area contributed by atoms with Gasteiger partial charge in [-0.15, -0.1) is 0 Å². The van der Waals surface area contributed by atoms with Crippen LogP contribution in [0.25, 0.3) is 0 Å². The molecular formula is C5H5BO4. The molecule has 2 atom stereocenters. The molecule has 2 unspecified atom stereocenters. The van der Waals surface area contributed by atoms with E-state index < -0.39 is 17.4 Å². The van der Waals surface area contributed by atoms with E-state index in [9.17, 15) is 9.59 Å². The van der Waals surface area contributed by atoms with E-state index in [2.05, 4.69) is 4.74 Å². The van der Waals surface area contributed by atoms with E-state index in [1.165, 1.54) is 0 Å². The van der Waals surface area contributed by atoms with Crippen LogP contribution in [0.15, 0.2) is 0 Å². The molecule has 0 aromatic carbocycles. The van der Waals surface area contributed by atoms with Crippen molar-refractivity contribution in [3.63, 3.8) is 0 Å². The molecule has 0 spiro atoms. The summed E-state index contributed by atoms with van der Waals surface area (Å²) in [6.07, 6.45) is 0. The molecule has 0 amide bonds. The molecule has 0 aromatic rings. The number of ether oxygens (including phenoxy) is 2. The van der Waals surface area contributed by atoms with Crippen LogP contribution in [0.5, 0.6) is 0 Å². The van der Waals surface area contributed by atoms with Gasteiger partial charge < -0.3 is 9.47 Å². The summed E-state index contributed by atoms with van der Waals surface area (Å²) in [6.45, 7) is 1.75. The van der Waals surface area contributed by atoms with Crippen molar-refractivity contribution in [2.45, 2.75) is 18.4 Å². The molecule has 2 saturated heterocycles. The van der Waals surface area contributed by atoms with Gasteiger partial charge in [-0.2, -0.15) is 0 Å². The van der Waals surface area contributed by atoms with Crippen LogP contribution >= 0.6 is 0 Å². The van der Waals surface area contributed by atoms with E-state index in [0.29, 0.717) is 7.28 Å². The van der Waals surface area contributed by atoms with Gasteiger partial charge in [0, 0.05) is 0 Å². The van der Waals surface area contributed by atoms with Crippen molar-refractivity contribution in [2.24, 2.45) is 0 Å². The van der Waals surface area contributed by atoms with Gasteiger partial charge in [-0.25, -0.2) is 9.59 Å². The molecule has 2 aliphatic heterocycles. The molecule has 2 fully saturated rings. The summed E-state index contributed by atoms with van der Waals surface area (Å²) in [4.78, 5) is 21.0. The fourth-order valence-corrected chi connectivity index (χ4v) is 1.01. The standard InChI is InChI=1S/C5H5BO4/c1-5-4(6-5)9-2(7)3(8)10-5/h4,6H,1H3. The zero-order chi connectivity index (χ0) is 7.35. The molecule has 0 saturated carbocycles. The lowest BCUT2D eigenvalue weighted by molar-refractivity contribution is -0.183. The zero-order valence-electron chi connectivity index (χ0n) is 5.42. The number of hydrogen-bond acceptors (Lipinski definition) is 4. The van der Waals surface area contributed by atoms with E-state index in [1.54, 1.807) is 6.92 Å². The highest BCUT2D eigenvalue weighted by atomic mass is 16.7. The third kappa shape index (κ3) is 0.573. The minimum atomic E-state index is -0.865. The molecule has 10 heavy (non-hydrogen) atoms. The van der Waals surface area contributed by atoms with Gasteiger partial charge in [0.15, 0.2) is 0 Å². The van der Waals surface area contributed by atoms with Crippen molar-refractivity contribution < 1.29 is 19.1 Å². The van der Waals surface area contributed by atoms with Crippen LogP contribution in [0.3, 0.4) is 0 Å². The fourth-order valence-electron chi connectivity index (χ4n) is 1.01. The molecular weight excluding hydrogens is 135 g/mol. The lowest BCUT2D eigenvalue weighted by Crippen LogP contribution is -2.35. The van der Waals surface area contributed by atoms with Gasteiger partial charge in [0.05, 0.1) is 0 Å². The monoisotopic (exact) mass is 140 g/mol. The van der Waals surface area contributed by atoms with Crippen LogP contribution in [0, 0.1) is 0 Å². The Balaban J connectivity index is 2.20. The smallest absolute Gasteiger partial charge is 0.417 e. The third-order valence-corrected chi connectivity index (χ3v) is 1.85. The average Bonchev–Trinajstić information content (AvgIpc) is 2.41. The minimum Gasteiger partial charge on any atom is -0.460 e. The predicted octanol–water partition coefficient (Wildman–Crippen LogP) is -1.42. The quantitative estimate of drug-likeness (QED) is 0.235. The van der Waals surface area contributed by atoms with Gasteiger partial charge in [0.2, 0.25) is 7.28 Å². The van der Waals surface area contributed by atoms with Gasteiger partial charge in [-0.05, 0) is 6.92 Å². The Hall–Kier alpha value is -0.995. The van der Waals surface area contributed by atoms with Crippen LogP contribution in [0.4, 0.5) is 0 Å². The van der Waals surface area contributed by atoms with Crippen LogP contribution in [0.2, 0.25) is 0 Å². The van der Waals surface area contributed by atoms with Crippen molar-refractivity contribution in [3.05, 3.63) is 0 Å².